The van der Waals surface area contributed by atoms with Crippen molar-refractivity contribution in [2.24, 2.45) is 0 Å². The molecule has 16 heavy (non-hydrogen) atoms. The molecule has 82 valence electrons. The van der Waals surface area contributed by atoms with Gasteiger partial charge in [0.15, 0.2) is 5.78 Å². The lowest BCUT2D eigenvalue weighted by Gasteiger charge is -2.02. The van der Waals surface area contributed by atoms with E-state index in [0.29, 0.717) is 16.3 Å². The van der Waals surface area contributed by atoms with Crippen LogP contribution in [0.1, 0.15) is 16.1 Å². The normalized spacial score (nSPS) is 10.4. The third-order valence-corrected chi connectivity index (χ3v) is 3.07. The summed E-state index contributed by atoms with van der Waals surface area (Å²) in [6.07, 6.45) is 1.79. The van der Waals surface area contributed by atoms with Gasteiger partial charge in [0.2, 0.25) is 0 Å². The molecule has 0 aliphatic rings. The molecule has 1 heterocycles. The van der Waals surface area contributed by atoms with Crippen molar-refractivity contribution in [3.63, 3.8) is 0 Å². The predicted molar refractivity (Wildman–Crippen MR) is 65.9 cm³/mol. The molecule has 0 saturated carbocycles. The molecule has 0 aliphatic heterocycles. The quantitative estimate of drug-likeness (QED) is 0.798. The topological polar surface area (TPSA) is 30.2 Å². The van der Waals surface area contributed by atoms with Crippen LogP contribution in [0.5, 0.6) is 0 Å². The monoisotopic (exact) mass is 298 g/mol. The summed E-state index contributed by atoms with van der Waals surface area (Å²) >= 11 is 9.17. The van der Waals surface area contributed by atoms with E-state index in [9.17, 15) is 4.79 Å². The van der Waals surface area contributed by atoms with Crippen LogP contribution in [0.25, 0.3) is 0 Å². The first-order chi connectivity index (χ1) is 7.66. The number of carbonyl (C=O) groups is 1. The minimum Gasteiger partial charge on any atom is -0.469 e. The van der Waals surface area contributed by atoms with Gasteiger partial charge in [-0.25, -0.2) is 0 Å². The zero-order chi connectivity index (χ0) is 11.5. The molecular formula is C12H8BrClO2. The number of ketones is 1. The Hall–Kier alpha value is -1.06. The largest absolute Gasteiger partial charge is 0.469 e. The van der Waals surface area contributed by atoms with Crippen molar-refractivity contribution in [2.75, 3.05) is 0 Å². The fourth-order valence-corrected chi connectivity index (χ4v) is 2.02. The van der Waals surface area contributed by atoms with Crippen LogP contribution in [-0.2, 0) is 6.42 Å². The van der Waals surface area contributed by atoms with Crippen LogP contribution in [0, 0.1) is 0 Å². The highest BCUT2D eigenvalue weighted by molar-refractivity contribution is 9.10. The number of benzene rings is 1. The van der Waals surface area contributed by atoms with E-state index in [1.807, 2.05) is 0 Å². The van der Waals surface area contributed by atoms with Crippen LogP contribution < -0.4 is 0 Å². The summed E-state index contributed by atoms with van der Waals surface area (Å²) in [5, 5.41) is 0.547. The molecule has 2 rings (SSSR count). The maximum Gasteiger partial charge on any atom is 0.171 e. The van der Waals surface area contributed by atoms with E-state index in [0.717, 1.165) is 4.47 Å². The van der Waals surface area contributed by atoms with E-state index in [1.54, 1.807) is 36.6 Å². The Labute approximate surface area is 106 Å². The number of Topliss-reactive ketones (excluding diaryl/α,β-unsaturated/α-hetero) is 1. The zero-order valence-electron chi connectivity index (χ0n) is 8.24. The van der Waals surface area contributed by atoms with Gasteiger partial charge < -0.3 is 4.42 Å². The Morgan fingerprint density at radius 1 is 1.38 bits per heavy atom. The Bertz CT molecular complexity index is 506. The highest BCUT2D eigenvalue weighted by atomic mass is 79.9. The summed E-state index contributed by atoms with van der Waals surface area (Å²) in [5.74, 6) is 0.626. The van der Waals surface area contributed by atoms with E-state index < -0.39 is 0 Å². The molecule has 0 fully saturated rings. The summed E-state index contributed by atoms with van der Waals surface area (Å²) in [6, 6.07) is 8.68. The van der Waals surface area contributed by atoms with Crippen molar-refractivity contribution >= 4 is 33.3 Å². The van der Waals surface area contributed by atoms with Gasteiger partial charge in [-0.3, -0.25) is 4.79 Å². The SMILES string of the molecule is O=C(Cc1ccco1)c1cc(Cl)ccc1Br. The first-order valence-electron chi connectivity index (χ1n) is 4.67. The Morgan fingerprint density at radius 3 is 2.88 bits per heavy atom. The number of carbonyl (C=O) groups excluding carboxylic acids is 1. The van der Waals surface area contributed by atoms with Crippen LogP contribution >= 0.6 is 27.5 Å². The maximum atomic E-state index is 11.9. The van der Waals surface area contributed by atoms with Gasteiger partial charge in [0.1, 0.15) is 5.76 Å². The first kappa shape index (κ1) is 11.4. The summed E-state index contributed by atoms with van der Waals surface area (Å²) < 4.78 is 5.87. The molecule has 0 spiro atoms. The predicted octanol–water partition coefficient (Wildman–Crippen LogP) is 4.12. The van der Waals surface area contributed by atoms with Crippen LogP contribution in [0.3, 0.4) is 0 Å². The first-order valence-corrected chi connectivity index (χ1v) is 5.84. The minimum absolute atomic E-state index is 0.0238. The van der Waals surface area contributed by atoms with Gasteiger partial charge in [-0.15, -0.1) is 0 Å². The molecule has 0 unspecified atom stereocenters. The van der Waals surface area contributed by atoms with E-state index in [-0.39, 0.29) is 12.2 Å². The molecule has 2 aromatic rings. The molecular weight excluding hydrogens is 291 g/mol. The number of halogens is 2. The summed E-state index contributed by atoms with van der Waals surface area (Å²) in [7, 11) is 0. The molecule has 0 atom stereocenters. The lowest BCUT2D eigenvalue weighted by atomic mass is 10.1. The van der Waals surface area contributed by atoms with Crippen molar-refractivity contribution in [3.05, 3.63) is 57.4 Å². The van der Waals surface area contributed by atoms with Gasteiger partial charge in [-0.05, 0) is 30.3 Å². The zero-order valence-corrected chi connectivity index (χ0v) is 10.6. The van der Waals surface area contributed by atoms with Crippen molar-refractivity contribution in [3.8, 4) is 0 Å². The molecule has 0 N–H and O–H groups in total. The van der Waals surface area contributed by atoms with Crippen LogP contribution in [0.15, 0.2) is 45.5 Å². The lowest BCUT2D eigenvalue weighted by Crippen LogP contribution is -2.03. The molecule has 0 aliphatic carbocycles. The van der Waals surface area contributed by atoms with E-state index in [2.05, 4.69) is 15.9 Å². The highest BCUT2D eigenvalue weighted by Gasteiger charge is 2.12. The Kier molecular flexibility index (Phi) is 3.46. The second kappa shape index (κ2) is 4.85. The van der Waals surface area contributed by atoms with Crippen molar-refractivity contribution in [1.29, 1.82) is 0 Å². The fraction of sp³-hybridized carbons (Fsp3) is 0.0833. The minimum atomic E-state index is -0.0238. The van der Waals surface area contributed by atoms with Gasteiger partial charge in [-0.2, -0.15) is 0 Å². The van der Waals surface area contributed by atoms with Crippen LogP contribution in [0.4, 0.5) is 0 Å². The van der Waals surface area contributed by atoms with E-state index in [4.69, 9.17) is 16.0 Å². The van der Waals surface area contributed by atoms with Crippen molar-refractivity contribution < 1.29 is 9.21 Å². The summed E-state index contributed by atoms with van der Waals surface area (Å²) in [5.41, 5.74) is 0.573. The van der Waals surface area contributed by atoms with Gasteiger partial charge in [0.25, 0.3) is 0 Å². The molecule has 0 bridgehead atoms. The van der Waals surface area contributed by atoms with Gasteiger partial charge in [0.05, 0.1) is 12.7 Å². The van der Waals surface area contributed by atoms with E-state index in [1.165, 1.54) is 0 Å². The van der Waals surface area contributed by atoms with Gasteiger partial charge >= 0.3 is 0 Å². The highest BCUT2D eigenvalue weighted by Crippen LogP contribution is 2.22. The molecule has 0 amide bonds. The smallest absolute Gasteiger partial charge is 0.171 e. The average Bonchev–Trinajstić information content (AvgIpc) is 2.74. The van der Waals surface area contributed by atoms with Crippen LogP contribution in [0.2, 0.25) is 5.02 Å². The third kappa shape index (κ3) is 2.54. The molecule has 0 saturated heterocycles. The standard InChI is InChI=1S/C12H8BrClO2/c13-11-4-3-8(14)6-10(11)12(15)7-9-2-1-5-16-9/h1-6H,7H2. The lowest BCUT2D eigenvalue weighted by molar-refractivity contribution is 0.0986. The third-order valence-electron chi connectivity index (χ3n) is 2.14. The van der Waals surface area contributed by atoms with Gasteiger partial charge in [0, 0.05) is 15.1 Å². The Morgan fingerprint density at radius 2 is 2.19 bits per heavy atom. The number of hydrogen-bond acceptors (Lipinski definition) is 2. The summed E-state index contributed by atoms with van der Waals surface area (Å²) in [6.45, 7) is 0. The van der Waals surface area contributed by atoms with E-state index >= 15 is 0 Å². The Balaban J connectivity index is 2.24. The second-order valence-corrected chi connectivity index (χ2v) is 4.59. The molecule has 4 heteroatoms. The molecule has 1 aromatic heterocycles. The second-order valence-electron chi connectivity index (χ2n) is 3.30. The number of rotatable bonds is 3. The van der Waals surface area contributed by atoms with Crippen molar-refractivity contribution in [1.82, 2.24) is 0 Å². The molecule has 1 aromatic carbocycles. The average molecular weight is 300 g/mol. The van der Waals surface area contributed by atoms with Crippen molar-refractivity contribution in [2.45, 2.75) is 6.42 Å². The molecule has 2 nitrogen and oxygen atoms in total. The fourth-order valence-electron chi connectivity index (χ4n) is 1.38. The maximum absolute atomic E-state index is 11.9. The molecule has 0 radical (unpaired) electrons. The van der Waals surface area contributed by atoms with Crippen LogP contribution in [-0.4, -0.2) is 5.78 Å². The van der Waals surface area contributed by atoms with Gasteiger partial charge in [-0.1, -0.05) is 27.5 Å². The summed E-state index contributed by atoms with van der Waals surface area (Å²) in [4.78, 5) is 11.9. The number of hydrogen-bond donors (Lipinski definition) is 0. The number of furan rings is 1.